The number of hydrogen-bond donors (Lipinski definition) is 4. The van der Waals surface area contributed by atoms with Gasteiger partial charge in [-0.1, -0.05) is 6.92 Å². The fraction of sp³-hybridized carbons (Fsp3) is 0.562. The Morgan fingerprint density at radius 2 is 1.88 bits per heavy atom. The Bertz CT molecular complexity index is 573. The van der Waals surface area contributed by atoms with Gasteiger partial charge in [0.25, 0.3) is 0 Å². The maximum atomic E-state index is 11.7. The predicted molar refractivity (Wildman–Crippen MR) is 82.0 cm³/mol. The van der Waals surface area contributed by atoms with Crippen LogP contribution >= 0.6 is 0 Å². The Hall–Kier alpha value is -1.71. The van der Waals surface area contributed by atoms with Crippen LogP contribution in [0.3, 0.4) is 0 Å². The number of rotatable bonds is 6. The third-order valence-corrected chi connectivity index (χ3v) is 3.90. The second-order valence-electron chi connectivity index (χ2n) is 5.46. The van der Waals surface area contributed by atoms with Gasteiger partial charge in [-0.05, 0) is 18.2 Å². The number of ketones is 1. The van der Waals surface area contributed by atoms with E-state index in [0.29, 0.717) is 12.0 Å². The first-order valence-electron chi connectivity index (χ1n) is 7.61. The maximum Gasteiger partial charge on any atom is 0.229 e. The molecule has 1 fully saturated rings. The van der Waals surface area contributed by atoms with Crippen LogP contribution < -0.4 is 9.47 Å². The zero-order valence-electron chi connectivity index (χ0n) is 13.5. The molecule has 0 saturated carbocycles. The third kappa shape index (κ3) is 3.68. The number of methoxy groups -OCH3 is 1. The molecule has 1 aliphatic rings. The molecule has 0 aliphatic carbocycles. The van der Waals surface area contributed by atoms with Crippen molar-refractivity contribution in [2.75, 3.05) is 13.7 Å². The largest absolute Gasteiger partial charge is 0.493 e. The van der Waals surface area contributed by atoms with E-state index in [1.54, 1.807) is 13.0 Å². The lowest BCUT2D eigenvalue weighted by molar-refractivity contribution is -0.277. The van der Waals surface area contributed by atoms with E-state index < -0.39 is 37.3 Å². The molecule has 0 aromatic heterocycles. The van der Waals surface area contributed by atoms with Crippen molar-refractivity contribution < 1.29 is 39.4 Å². The van der Waals surface area contributed by atoms with Crippen molar-refractivity contribution in [1.82, 2.24) is 0 Å². The van der Waals surface area contributed by atoms with Crippen LogP contribution in [0.15, 0.2) is 18.2 Å². The van der Waals surface area contributed by atoms with E-state index in [4.69, 9.17) is 14.2 Å². The Morgan fingerprint density at radius 1 is 1.17 bits per heavy atom. The van der Waals surface area contributed by atoms with Crippen LogP contribution in [0.1, 0.15) is 23.7 Å². The summed E-state index contributed by atoms with van der Waals surface area (Å²) in [7, 11) is 1.40. The molecular formula is C16H22O8. The van der Waals surface area contributed by atoms with Crippen molar-refractivity contribution in [3.05, 3.63) is 23.8 Å². The lowest BCUT2D eigenvalue weighted by Gasteiger charge is -2.39. The van der Waals surface area contributed by atoms with Gasteiger partial charge in [-0.25, -0.2) is 0 Å². The summed E-state index contributed by atoms with van der Waals surface area (Å²) in [6.45, 7) is 1.19. The minimum absolute atomic E-state index is 0.0623. The zero-order valence-corrected chi connectivity index (χ0v) is 13.5. The van der Waals surface area contributed by atoms with E-state index in [2.05, 4.69) is 0 Å². The molecule has 8 nitrogen and oxygen atoms in total. The van der Waals surface area contributed by atoms with Crippen LogP contribution in [0.2, 0.25) is 0 Å². The van der Waals surface area contributed by atoms with Crippen molar-refractivity contribution in [1.29, 1.82) is 0 Å². The van der Waals surface area contributed by atoms with Gasteiger partial charge in [0.1, 0.15) is 24.4 Å². The topological polar surface area (TPSA) is 126 Å². The van der Waals surface area contributed by atoms with Crippen LogP contribution in [0.5, 0.6) is 11.5 Å². The molecule has 4 N–H and O–H groups in total. The highest BCUT2D eigenvalue weighted by Gasteiger charge is 2.44. The highest BCUT2D eigenvalue weighted by atomic mass is 16.7. The molecule has 0 radical (unpaired) electrons. The first-order valence-corrected chi connectivity index (χ1v) is 7.61. The number of ether oxygens (including phenoxy) is 3. The fourth-order valence-electron chi connectivity index (χ4n) is 2.43. The summed E-state index contributed by atoms with van der Waals surface area (Å²) in [6.07, 6.45) is -6.56. The van der Waals surface area contributed by atoms with Crippen molar-refractivity contribution in [3.8, 4) is 11.5 Å². The standard InChI is InChI=1S/C16H22O8/c1-3-9(18)8-4-5-10(11(6-8)22-2)23-16-15(21)14(20)13(19)12(7-17)24-16/h4-6,12-17,19-21H,3,7H2,1-2H3/t12-,13+,14+,15-,16-/m0/s1. The number of aliphatic hydroxyl groups excluding tert-OH is 4. The Balaban J connectivity index is 2.21. The number of benzene rings is 1. The first-order chi connectivity index (χ1) is 11.4. The molecule has 2 rings (SSSR count). The number of carbonyl (C=O) groups is 1. The molecule has 0 amide bonds. The zero-order chi connectivity index (χ0) is 17.9. The Morgan fingerprint density at radius 3 is 2.46 bits per heavy atom. The van der Waals surface area contributed by atoms with E-state index in [1.165, 1.54) is 19.2 Å². The summed E-state index contributed by atoms with van der Waals surface area (Å²) in [5.74, 6) is 0.383. The van der Waals surface area contributed by atoms with Gasteiger partial charge in [-0.2, -0.15) is 0 Å². The van der Waals surface area contributed by atoms with Crippen molar-refractivity contribution in [2.24, 2.45) is 0 Å². The lowest BCUT2D eigenvalue weighted by atomic mass is 9.99. The molecule has 0 bridgehead atoms. The fourth-order valence-corrected chi connectivity index (χ4v) is 2.43. The number of hydrogen-bond acceptors (Lipinski definition) is 8. The van der Waals surface area contributed by atoms with E-state index in [1.807, 2.05) is 0 Å². The highest BCUT2D eigenvalue weighted by molar-refractivity contribution is 5.96. The summed E-state index contributed by atoms with van der Waals surface area (Å²) in [5, 5.41) is 38.7. The van der Waals surface area contributed by atoms with Gasteiger partial charge in [0.05, 0.1) is 13.7 Å². The molecule has 1 saturated heterocycles. The molecule has 134 valence electrons. The van der Waals surface area contributed by atoms with E-state index in [-0.39, 0.29) is 17.3 Å². The summed E-state index contributed by atoms with van der Waals surface area (Å²) >= 11 is 0. The normalized spacial score (nSPS) is 30.0. The predicted octanol–water partition coefficient (Wildman–Crippen LogP) is -0.533. The minimum atomic E-state index is -1.53. The van der Waals surface area contributed by atoms with Crippen molar-refractivity contribution in [2.45, 2.75) is 44.1 Å². The smallest absolute Gasteiger partial charge is 0.229 e. The maximum absolute atomic E-state index is 11.7. The van der Waals surface area contributed by atoms with Gasteiger partial charge in [-0.3, -0.25) is 4.79 Å². The van der Waals surface area contributed by atoms with Crippen molar-refractivity contribution in [3.63, 3.8) is 0 Å². The summed E-state index contributed by atoms with van der Waals surface area (Å²) in [4.78, 5) is 11.7. The summed E-state index contributed by atoms with van der Waals surface area (Å²) < 4.78 is 16.0. The highest BCUT2D eigenvalue weighted by Crippen LogP contribution is 2.32. The van der Waals surface area contributed by atoms with Gasteiger partial charge in [0.15, 0.2) is 17.3 Å². The lowest BCUT2D eigenvalue weighted by Crippen LogP contribution is -2.60. The Kier molecular flexibility index (Phi) is 6.14. The van der Waals surface area contributed by atoms with Gasteiger partial charge < -0.3 is 34.6 Å². The van der Waals surface area contributed by atoms with Crippen LogP contribution in [-0.2, 0) is 4.74 Å². The van der Waals surface area contributed by atoms with Gasteiger partial charge in [0.2, 0.25) is 6.29 Å². The van der Waals surface area contributed by atoms with Crippen molar-refractivity contribution >= 4 is 5.78 Å². The third-order valence-electron chi connectivity index (χ3n) is 3.90. The van der Waals surface area contributed by atoms with Gasteiger partial charge in [-0.15, -0.1) is 0 Å². The minimum Gasteiger partial charge on any atom is -0.493 e. The van der Waals surface area contributed by atoms with Crippen LogP contribution in [0, 0.1) is 0 Å². The second-order valence-corrected chi connectivity index (χ2v) is 5.46. The van der Waals surface area contributed by atoms with Crippen LogP contribution in [0.4, 0.5) is 0 Å². The molecule has 0 spiro atoms. The molecule has 8 heteroatoms. The average Bonchev–Trinajstić information content (AvgIpc) is 2.61. The van der Waals surface area contributed by atoms with Crippen LogP contribution in [0.25, 0.3) is 0 Å². The molecule has 24 heavy (non-hydrogen) atoms. The number of Topliss-reactive ketones (excluding diaryl/α,β-unsaturated/α-hetero) is 1. The van der Waals surface area contributed by atoms with E-state index >= 15 is 0 Å². The number of aliphatic hydroxyl groups is 4. The Labute approximate surface area is 139 Å². The van der Waals surface area contributed by atoms with Gasteiger partial charge in [0, 0.05) is 12.0 Å². The molecule has 5 atom stereocenters. The molecular weight excluding hydrogens is 320 g/mol. The summed E-state index contributed by atoms with van der Waals surface area (Å²) in [5.41, 5.74) is 0.454. The van der Waals surface area contributed by atoms with Gasteiger partial charge >= 0.3 is 0 Å². The number of carbonyl (C=O) groups excluding carboxylic acids is 1. The second kappa shape index (κ2) is 7.91. The summed E-state index contributed by atoms with van der Waals surface area (Å²) in [6, 6.07) is 4.54. The molecule has 1 heterocycles. The quantitative estimate of drug-likeness (QED) is 0.508. The first kappa shape index (κ1) is 18.6. The molecule has 1 aromatic carbocycles. The average molecular weight is 342 g/mol. The SMILES string of the molecule is CCC(=O)c1ccc(O[C@H]2O[C@@H](CO)[C@@H](O)[C@@H](O)[C@@H]2O)c(OC)c1. The van der Waals surface area contributed by atoms with E-state index in [9.17, 15) is 25.2 Å². The molecule has 0 unspecified atom stereocenters. The van der Waals surface area contributed by atoms with Crippen LogP contribution in [-0.4, -0.2) is 70.6 Å². The van der Waals surface area contributed by atoms with E-state index in [0.717, 1.165) is 0 Å². The molecule has 1 aromatic rings. The monoisotopic (exact) mass is 342 g/mol. The molecule has 1 aliphatic heterocycles.